The van der Waals surface area contributed by atoms with Gasteiger partial charge in [0.2, 0.25) is 0 Å². The fraction of sp³-hybridized carbons (Fsp3) is 0.320. The van der Waals surface area contributed by atoms with Gasteiger partial charge < -0.3 is 25.8 Å². The van der Waals surface area contributed by atoms with Gasteiger partial charge in [-0.25, -0.2) is 0 Å². The van der Waals surface area contributed by atoms with E-state index < -0.39 is 5.91 Å². The summed E-state index contributed by atoms with van der Waals surface area (Å²) in [7, 11) is 3.89. The Balaban J connectivity index is 1.88. The predicted octanol–water partition coefficient (Wildman–Crippen LogP) is 0.518. The van der Waals surface area contributed by atoms with Gasteiger partial charge in [-0.1, -0.05) is 5.73 Å². The van der Waals surface area contributed by atoms with Gasteiger partial charge in [-0.15, -0.1) is 11.3 Å². The third kappa shape index (κ3) is 5.93. The Morgan fingerprint density at radius 3 is 2.69 bits per heavy atom. The van der Waals surface area contributed by atoms with Crippen LogP contribution in [-0.4, -0.2) is 60.0 Å². The molecule has 3 aromatic rings. The molecule has 0 saturated carbocycles. The largest absolute Gasteiger partial charge is 0.360 e. The van der Waals surface area contributed by atoms with Gasteiger partial charge in [-0.2, -0.15) is 5.26 Å². The highest BCUT2D eigenvalue weighted by Crippen LogP contribution is 2.22. The van der Waals surface area contributed by atoms with E-state index in [1.165, 1.54) is 10.8 Å². The number of aromatic nitrogens is 2. The van der Waals surface area contributed by atoms with E-state index in [0.29, 0.717) is 29.9 Å². The zero-order valence-electron chi connectivity index (χ0n) is 20.7. The van der Waals surface area contributed by atoms with E-state index in [2.05, 4.69) is 26.7 Å². The molecule has 0 aliphatic heterocycles. The van der Waals surface area contributed by atoms with Crippen molar-refractivity contribution in [3.05, 3.63) is 55.7 Å². The summed E-state index contributed by atoms with van der Waals surface area (Å²) in [5, 5.41) is 18.9. The molecule has 3 rings (SSSR count). The van der Waals surface area contributed by atoms with Crippen LogP contribution < -0.4 is 30.7 Å². The molecule has 0 spiro atoms. The Bertz CT molecular complexity index is 1530. The number of amides is 2. The summed E-state index contributed by atoms with van der Waals surface area (Å²) in [6.07, 6.45) is 3.19. The van der Waals surface area contributed by atoms with E-state index in [1.54, 1.807) is 20.0 Å². The minimum absolute atomic E-state index is 0.0967. The SMILES string of the molecule is CCNC(=O)/C(C#N)=c1\sc(=C=CNc2ccc3c(C(=O)NCCN(C)C)c[nH]c3c2)c(=O)n1CC. The summed E-state index contributed by atoms with van der Waals surface area (Å²) >= 11 is 1.04. The van der Waals surface area contributed by atoms with E-state index in [0.717, 1.165) is 34.5 Å². The van der Waals surface area contributed by atoms with Crippen molar-refractivity contribution in [3.63, 3.8) is 0 Å². The number of likely N-dealkylation sites (N-methyl/N-ethyl adjacent to an activating group) is 1. The van der Waals surface area contributed by atoms with E-state index in [4.69, 9.17) is 0 Å². The van der Waals surface area contributed by atoms with Crippen molar-refractivity contribution in [1.29, 1.82) is 5.26 Å². The minimum Gasteiger partial charge on any atom is -0.360 e. The van der Waals surface area contributed by atoms with Gasteiger partial charge in [0.1, 0.15) is 15.3 Å². The van der Waals surface area contributed by atoms with Gasteiger partial charge >= 0.3 is 0 Å². The van der Waals surface area contributed by atoms with Crippen LogP contribution in [0.1, 0.15) is 24.2 Å². The number of rotatable bonds is 9. The average Bonchev–Trinajstić information content (AvgIpc) is 3.40. The molecule has 4 N–H and O–H groups in total. The number of anilines is 1. The number of hydrogen-bond acceptors (Lipinski definition) is 7. The number of nitrogens with one attached hydrogen (secondary N) is 4. The molecule has 0 aliphatic carbocycles. The van der Waals surface area contributed by atoms with Crippen molar-refractivity contribution in [2.24, 2.45) is 0 Å². The Morgan fingerprint density at radius 1 is 1.25 bits per heavy atom. The molecule has 1 aromatic carbocycles. The Hall–Kier alpha value is -4.10. The summed E-state index contributed by atoms with van der Waals surface area (Å²) < 4.78 is 1.97. The predicted molar refractivity (Wildman–Crippen MR) is 142 cm³/mol. The quantitative estimate of drug-likeness (QED) is 0.334. The molecule has 2 aromatic heterocycles. The lowest BCUT2D eigenvalue weighted by Gasteiger charge is -2.10. The fourth-order valence-corrected chi connectivity index (χ4v) is 4.57. The van der Waals surface area contributed by atoms with Crippen LogP contribution in [0.3, 0.4) is 0 Å². The molecule has 0 bridgehead atoms. The highest BCUT2D eigenvalue weighted by molar-refractivity contribution is 7.07. The van der Waals surface area contributed by atoms with Crippen LogP contribution in [-0.2, 0) is 11.3 Å². The summed E-state index contributed by atoms with van der Waals surface area (Å²) in [6.45, 7) is 5.54. The zero-order valence-corrected chi connectivity index (χ0v) is 21.5. The molecular formula is C25H29N7O3S. The Kier molecular flexibility index (Phi) is 8.86. The van der Waals surface area contributed by atoms with Crippen LogP contribution >= 0.6 is 11.3 Å². The second kappa shape index (κ2) is 12.0. The number of nitriles is 1. The van der Waals surface area contributed by atoms with Crippen molar-refractivity contribution in [2.75, 3.05) is 39.0 Å². The lowest BCUT2D eigenvalue weighted by molar-refractivity contribution is -0.115. The van der Waals surface area contributed by atoms with Gasteiger partial charge in [0.15, 0.2) is 5.57 Å². The number of nitrogens with zero attached hydrogens (tertiary/aromatic N) is 3. The van der Waals surface area contributed by atoms with Gasteiger partial charge in [0.25, 0.3) is 17.4 Å². The summed E-state index contributed by atoms with van der Waals surface area (Å²) in [4.78, 5) is 42.6. The van der Waals surface area contributed by atoms with E-state index in [9.17, 15) is 19.6 Å². The monoisotopic (exact) mass is 507 g/mol. The van der Waals surface area contributed by atoms with E-state index >= 15 is 0 Å². The highest BCUT2D eigenvalue weighted by atomic mass is 32.1. The number of carbonyl (C=O) groups excluding carboxylic acids is 2. The topological polar surface area (TPSA) is 135 Å². The molecule has 2 heterocycles. The molecule has 10 nitrogen and oxygen atoms in total. The molecule has 11 heteroatoms. The van der Waals surface area contributed by atoms with Gasteiger partial charge in [0.05, 0.1) is 5.56 Å². The maximum absolute atomic E-state index is 12.8. The van der Waals surface area contributed by atoms with Gasteiger partial charge in [-0.05, 0) is 46.1 Å². The molecule has 188 valence electrons. The normalized spacial score (nSPS) is 11.6. The van der Waals surface area contributed by atoms with Crippen molar-refractivity contribution >= 4 is 51.0 Å². The third-order valence-electron chi connectivity index (χ3n) is 5.30. The van der Waals surface area contributed by atoms with Crippen molar-refractivity contribution in [1.82, 2.24) is 25.1 Å². The van der Waals surface area contributed by atoms with Crippen molar-refractivity contribution in [2.45, 2.75) is 20.4 Å². The Labute approximate surface area is 212 Å². The third-order valence-corrected chi connectivity index (χ3v) is 6.42. The standard InChI is InChI=1S/C25H29N7O3S/c1-5-27-22(33)18(14-26)25-32(6-2)24(35)21(36-25)9-10-28-16-7-8-17-19(15-30-20(17)13-16)23(34)29-11-12-31(3)4/h7-8,10,13,15,28,30H,5-6,11-12H2,1-4H3,(H,27,33)(H,29,34)/b25-18-. The highest BCUT2D eigenvalue weighted by Gasteiger charge is 2.14. The summed E-state index contributed by atoms with van der Waals surface area (Å²) in [6, 6.07) is 7.43. The molecule has 36 heavy (non-hydrogen) atoms. The van der Waals surface area contributed by atoms with E-state index in [1.807, 2.05) is 43.3 Å². The van der Waals surface area contributed by atoms with Gasteiger partial charge in [-0.3, -0.25) is 19.0 Å². The molecule has 0 radical (unpaired) electrons. The smallest absolute Gasteiger partial charge is 0.277 e. The van der Waals surface area contributed by atoms with Crippen molar-refractivity contribution in [3.8, 4) is 6.07 Å². The molecule has 0 atom stereocenters. The number of carbonyl (C=O) groups is 2. The first-order valence-corrected chi connectivity index (χ1v) is 12.3. The number of fused-ring (bicyclic) bond motifs is 1. The van der Waals surface area contributed by atoms with Crippen LogP contribution in [0, 0.1) is 11.3 Å². The Morgan fingerprint density at radius 2 is 2.03 bits per heavy atom. The van der Waals surface area contributed by atoms with Gasteiger partial charge in [0, 0.05) is 55.2 Å². The number of aromatic amines is 1. The molecule has 2 amide bonds. The van der Waals surface area contributed by atoms with E-state index in [-0.39, 0.29) is 21.6 Å². The summed E-state index contributed by atoms with van der Waals surface area (Å²) in [5.41, 5.74) is 4.59. The molecule has 0 fully saturated rings. The molecular weight excluding hydrogens is 478 g/mol. The lowest BCUT2D eigenvalue weighted by Crippen LogP contribution is -2.34. The van der Waals surface area contributed by atoms with Crippen LogP contribution in [0.2, 0.25) is 0 Å². The minimum atomic E-state index is -0.512. The van der Waals surface area contributed by atoms with Crippen LogP contribution in [0.4, 0.5) is 5.69 Å². The lowest BCUT2D eigenvalue weighted by atomic mass is 10.1. The van der Waals surface area contributed by atoms with Crippen LogP contribution in [0.5, 0.6) is 0 Å². The molecule has 0 aliphatic rings. The first-order valence-electron chi connectivity index (χ1n) is 11.5. The van der Waals surface area contributed by atoms with Crippen LogP contribution in [0.25, 0.3) is 22.2 Å². The first kappa shape index (κ1) is 26.5. The van der Waals surface area contributed by atoms with Crippen molar-refractivity contribution < 1.29 is 9.59 Å². The second-order valence-corrected chi connectivity index (χ2v) is 9.09. The molecule has 0 unspecified atom stereocenters. The number of H-pyrrole nitrogens is 1. The summed E-state index contributed by atoms with van der Waals surface area (Å²) in [5.74, 6) is -0.652. The number of hydrogen-bond donors (Lipinski definition) is 4. The average molecular weight is 508 g/mol. The maximum atomic E-state index is 12.8. The number of benzene rings is 1. The van der Waals surface area contributed by atoms with Crippen LogP contribution in [0.15, 0.2) is 35.4 Å². The molecule has 0 saturated heterocycles. The first-order chi connectivity index (χ1) is 17.3. The maximum Gasteiger partial charge on any atom is 0.277 e. The zero-order chi connectivity index (χ0) is 26.2. The second-order valence-electron chi connectivity index (χ2n) is 8.09. The fourth-order valence-electron chi connectivity index (χ4n) is 3.50. The number of thiazole rings is 1.